The van der Waals surface area contributed by atoms with Crippen LogP contribution in [0, 0.1) is 0 Å². The van der Waals surface area contributed by atoms with Crippen molar-refractivity contribution in [1.29, 1.82) is 0 Å². The molecule has 1 aromatic carbocycles. The van der Waals surface area contributed by atoms with Gasteiger partial charge in [-0.15, -0.1) is 11.8 Å². The van der Waals surface area contributed by atoms with E-state index in [1.165, 1.54) is 18.9 Å². The molecule has 1 rings (SSSR count). The van der Waals surface area contributed by atoms with Crippen LogP contribution < -0.4 is 5.32 Å². The Kier molecular flexibility index (Phi) is 6.73. The Balaban J connectivity index is 2.27. The lowest BCUT2D eigenvalue weighted by Crippen LogP contribution is -2.40. The van der Waals surface area contributed by atoms with Crippen molar-refractivity contribution in [3.05, 3.63) is 34.9 Å². The molecule has 0 bridgehead atoms. The highest BCUT2D eigenvalue weighted by Crippen LogP contribution is 2.15. The van der Waals surface area contributed by atoms with Gasteiger partial charge in [0.25, 0.3) is 0 Å². The van der Waals surface area contributed by atoms with Crippen molar-refractivity contribution < 1.29 is 14.3 Å². The Morgan fingerprint density at radius 2 is 2.00 bits per heavy atom. The van der Waals surface area contributed by atoms with Crippen LogP contribution in [-0.2, 0) is 20.1 Å². The maximum atomic E-state index is 11.6. The Labute approximate surface area is 121 Å². The van der Waals surface area contributed by atoms with E-state index in [-0.39, 0.29) is 5.91 Å². The maximum absolute atomic E-state index is 11.6. The summed E-state index contributed by atoms with van der Waals surface area (Å²) in [6.07, 6.45) is 0. The minimum atomic E-state index is -0.617. The number of rotatable bonds is 6. The molecule has 0 aromatic heterocycles. The first kappa shape index (κ1) is 15.9. The molecule has 104 valence electrons. The van der Waals surface area contributed by atoms with E-state index in [0.717, 1.165) is 11.3 Å². The van der Waals surface area contributed by atoms with Crippen LogP contribution in [-0.4, -0.2) is 30.8 Å². The number of ether oxygens (including phenoxy) is 1. The van der Waals surface area contributed by atoms with Crippen molar-refractivity contribution in [2.24, 2.45) is 0 Å². The normalized spacial score (nSPS) is 11.7. The van der Waals surface area contributed by atoms with E-state index >= 15 is 0 Å². The number of esters is 1. The van der Waals surface area contributed by atoms with Gasteiger partial charge >= 0.3 is 5.97 Å². The second kappa shape index (κ2) is 8.07. The van der Waals surface area contributed by atoms with Gasteiger partial charge in [0.1, 0.15) is 6.04 Å². The van der Waals surface area contributed by atoms with E-state index in [2.05, 4.69) is 10.1 Å². The predicted octanol–water partition coefficient (Wildman–Crippen LogP) is 2.25. The van der Waals surface area contributed by atoms with Gasteiger partial charge in [0.05, 0.1) is 12.9 Å². The number of methoxy groups -OCH3 is 1. The van der Waals surface area contributed by atoms with Crippen molar-refractivity contribution >= 4 is 35.2 Å². The van der Waals surface area contributed by atoms with Crippen LogP contribution in [0.15, 0.2) is 24.3 Å². The molecule has 1 atom stereocenters. The number of amides is 1. The summed E-state index contributed by atoms with van der Waals surface area (Å²) < 4.78 is 4.52. The van der Waals surface area contributed by atoms with Crippen molar-refractivity contribution in [2.45, 2.75) is 18.7 Å². The molecule has 0 fully saturated rings. The fourth-order valence-electron chi connectivity index (χ4n) is 1.36. The number of hydrogen-bond acceptors (Lipinski definition) is 4. The van der Waals surface area contributed by atoms with Crippen molar-refractivity contribution in [3.63, 3.8) is 0 Å². The first-order valence-electron chi connectivity index (χ1n) is 5.72. The Morgan fingerprint density at radius 3 is 2.58 bits per heavy atom. The predicted molar refractivity (Wildman–Crippen MR) is 77.2 cm³/mol. The Morgan fingerprint density at radius 1 is 1.37 bits per heavy atom. The highest BCUT2D eigenvalue weighted by atomic mass is 35.5. The van der Waals surface area contributed by atoms with Gasteiger partial charge in [-0.2, -0.15) is 0 Å². The molecule has 19 heavy (non-hydrogen) atoms. The number of nitrogens with one attached hydrogen (secondary N) is 1. The van der Waals surface area contributed by atoms with Gasteiger partial charge in [-0.1, -0.05) is 23.7 Å². The van der Waals surface area contributed by atoms with Gasteiger partial charge in [0.2, 0.25) is 5.91 Å². The van der Waals surface area contributed by atoms with E-state index in [0.29, 0.717) is 10.8 Å². The first-order chi connectivity index (χ1) is 9.02. The number of carbonyl (C=O) groups is 2. The third-order valence-corrected chi connectivity index (χ3v) is 3.60. The van der Waals surface area contributed by atoms with Gasteiger partial charge in [0, 0.05) is 10.8 Å². The second-order valence-electron chi connectivity index (χ2n) is 3.93. The molecule has 1 N–H and O–H groups in total. The molecule has 0 spiro atoms. The number of carbonyl (C=O) groups excluding carboxylic acids is 2. The van der Waals surface area contributed by atoms with E-state index in [1.807, 2.05) is 24.3 Å². The molecule has 0 saturated heterocycles. The molecule has 6 heteroatoms. The molecule has 0 aliphatic rings. The van der Waals surface area contributed by atoms with Crippen molar-refractivity contribution in [3.8, 4) is 0 Å². The smallest absolute Gasteiger partial charge is 0.328 e. The molecule has 1 aromatic rings. The number of hydrogen-bond donors (Lipinski definition) is 1. The molecule has 0 saturated carbocycles. The zero-order valence-electron chi connectivity index (χ0n) is 10.8. The van der Waals surface area contributed by atoms with Crippen LogP contribution in [0.3, 0.4) is 0 Å². The zero-order chi connectivity index (χ0) is 14.3. The van der Waals surface area contributed by atoms with Gasteiger partial charge in [-0.25, -0.2) is 4.79 Å². The third-order valence-electron chi connectivity index (χ3n) is 2.35. The van der Waals surface area contributed by atoms with Gasteiger partial charge < -0.3 is 10.1 Å². The molecule has 0 aliphatic heterocycles. The highest BCUT2D eigenvalue weighted by Gasteiger charge is 2.15. The van der Waals surface area contributed by atoms with E-state index < -0.39 is 12.0 Å². The topological polar surface area (TPSA) is 55.4 Å². The zero-order valence-corrected chi connectivity index (χ0v) is 12.4. The molecule has 0 aliphatic carbocycles. The van der Waals surface area contributed by atoms with E-state index in [1.54, 1.807) is 6.92 Å². The number of halogens is 1. The standard InChI is InChI=1S/C13H16ClNO3S/c1-9(13(17)18-2)15-12(16)8-19-7-10-3-5-11(14)6-4-10/h3-6,9H,7-8H2,1-2H3,(H,15,16). The largest absolute Gasteiger partial charge is 0.467 e. The van der Waals surface area contributed by atoms with Crippen LogP contribution in [0.25, 0.3) is 0 Å². The summed E-state index contributed by atoms with van der Waals surface area (Å²) in [7, 11) is 1.29. The average Bonchev–Trinajstić information content (AvgIpc) is 2.40. The van der Waals surface area contributed by atoms with E-state index in [9.17, 15) is 9.59 Å². The van der Waals surface area contributed by atoms with Crippen LogP contribution in [0.1, 0.15) is 12.5 Å². The molecule has 1 amide bonds. The summed E-state index contributed by atoms with van der Waals surface area (Å²) >= 11 is 7.26. The first-order valence-corrected chi connectivity index (χ1v) is 7.25. The van der Waals surface area contributed by atoms with Crippen LogP contribution in [0.5, 0.6) is 0 Å². The number of thioether (sulfide) groups is 1. The summed E-state index contributed by atoms with van der Waals surface area (Å²) in [6.45, 7) is 1.59. The van der Waals surface area contributed by atoms with E-state index in [4.69, 9.17) is 11.6 Å². The quantitative estimate of drug-likeness (QED) is 0.819. The lowest BCUT2D eigenvalue weighted by atomic mass is 10.2. The lowest BCUT2D eigenvalue weighted by Gasteiger charge is -2.11. The minimum Gasteiger partial charge on any atom is -0.467 e. The number of benzene rings is 1. The summed E-state index contributed by atoms with van der Waals surface area (Å²) in [5, 5.41) is 3.26. The molecule has 4 nitrogen and oxygen atoms in total. The maximum Gasteiger partial charge on any atom is 0.328 e. The summed E-state index contributed by atoms with van der Waals surface area (Å²) in [5.41, 5.74) is 1.10. The van der Waals surface area contributed by atoms with Gasteiger partial charge in [-0.3, -0.25) is 4.79 Å². The minimum absolute atomic E-state index is 0.183. The van der Waals surface area contributed by atoms with Gasteiger partial charge in [0.15, 0.2) is 0 Å². The summed E-state index contributed by atoms with van der Waals surface area (Å²) in [5.74, 6) is 0.383. The Hall–Kier alpha value is -1.20. The average molecular weight is 302 g/mol. The monoisotopic (exact) mass is 301 g/mol. The van der Waals surface area contributed by atoms with Crippen molar-refractivity contribution in [1.82, 2.24) is 5.32 Å². The van der Waals surface area contributed by atoms with Crippen LogP contribution >= 0.6 is 23.4 Å². The Bertz CT molecular complexity index is 436. The molecular formula is C13H16ClNO3S. The summed E-state index contributed by atoms with van der Waals surface area (Å²) in [6, 6.07) is 6.86. The fourth-order valence-corrected chi connectivity index (χ4v) is 2.29. The third kappa shape index (κ3) is 5.98. The van der Waals surface area contributed by atoms with Crippen molar-refractivity contribution in [2.75, 3.05) is 12.9 Å². The molecular weight excluding hydrogens is 286 g/mol. The molecule has 1 unspecified atom stereocenters. The van der Waals surface area contributed by atoms with Gasteiger partial charge in [-0.05, 0) is 24.6 Å². The molecule has 0 radical (unpaired) electrons. The SMILES string of the molecule is COC(=O)C(C)NC(=O)CSCc1ccc(Cl)cc1. The second-order valence-corrected chi connectivity index (χ2v) is 5.35. The molecule has 0 heterocycles. The van der Waals surface area contributed by atoms with Crippen LogP contribution in [0.4, 0.5) is 0 Å². The fraction of sp³-hybridized carbons (Fsp3) is 0.385. The van der Waals surface area contributed by atoms with Crippen LogP contribution in [0.2, 0.25) is 5.02 Å². The summed E-state index contributed by atoms with van der Waals surface area (Å²) in [4.78, 5) is 22.7. The lowest BCUT2D eigenvalue weighted by molar-refractivity contribution is -0.144. The highest BCUT2D eigenvalue weighted by molar-refractivity contribution is 7.99.